The molecule has 7 nitrogen and oxygen atoms in total. The fourth-order valence-corrected chi connectivity index (χ4v) is 7.07. The maximum atomic E-state index is 14.2. The highest BCUT2D eigenvalue weighted by atomic mass is 16.2. The fourth-order valence-electron chi connectivity index (χ4n) is 7.07. The molecular formula is C36H36N4O3. The van der Waals surface area contributed by atoms with Gasteiger partial charge in [0.05, 0.1) is 6.04 Å². The Hall–Kier alpha value is -4.65. The summed E-state index contributed by atoms with van der Waals surface area (Å²) in [5.74, 6) is -0.673. The molecular weight excluding hydrogens is 536 g/mol. The Labute approximate surface area is 251 Å². The van der Waals surface area contributed by atoms with Crippen LogP contribution in [-0.2, 0) is 22.4 Å². The minimum Gasteiger partial charge on any atom is -0.356 e. The molecule has 43 heavy (non-hydrogen) atoms. The van der Waals surface area contributed by atoms with Gasteiger partial charge in [-0.25, -0.2) is 0 Å². The van der Waals surface area contributed by atoms with Gasteiger partial charge in [0.2, 0.25) is 11.8 Å². The van der Waals surface area contributed by atoms with E-state index in [0.717, 1.165) is 52.5 Å². The van der Waals surface area contributed by atoms with Crippen LogP contribution in [0.25, 0.3) is 10.9 Å². The van der Waals surface area contributed by atoms with Gasteiger partial charge in [0, 0.05) is 41.5 Å². The van der Waals surface area contributed by atoms with Crippen molar-refractivity contribution in [1.82, 2.24) is 20.5 Å². The number of amides is 3. The molecule has 0 spiro atoms. The summed E-state index contributed by atoms with van der Waals surface area (Å²) in [6.45, 7) is 0.538. The zero-order valence-electron chi connectivity index (χ0n) is 24.1. The molecule has 1 unspecified atom stereocenters. The summed E-state index contributed by atoms with van der Waals surface area (Å²) in [5.41, 5.74) is 6.86. The number of aromatic nitrogens is 1. The number of carbonyl (C=O) groups is 3. The summed E-state index contributed by atoms with van der Waals surface area (Å²) >= 11 is 0. The van der Waals surface area contributed by atoms with Crippen molar-refractivity contribution in [2.75, 3.05) is 6.54 Å². The lowest BCUT2D eigenvalue weighted by atomic mass is 9.89. The van der Waals surface area contributed by atoms with Crippen molar-refractivity contribution in [2.45, 2.75) is 63.1 Å². The largest absolute Gasteiger partial charge is 0.356 e. The third-order valence-electron chi connectivity index (χ3n) is 9.20. The van der Waals surface area contributed by atoms with Crippen LogP contribution in [0.4, 0.5) is 0 Å². The molecule has 3 aliphatic rings. The number of benzene rings is 3. The summed E-state index contributed by atoms with van der Waals surface area (Å²) in [5, 5.41) is 7.23. The molecule has 7 heteroatoms. The number of nitrogens with zero attached hydrogens (tertiary/aromatic N) is 1. The zero-order valence-corrected chi connectivity index (χ0v) is 24.1. The molecule has 4 aromatic rings. The van der Waals surface area contributed by atoms with E-state index >= 15 is 0 Å². The Morgan fingerprint density at radius 1 is 0.953 bits per heavy atom. The number of H-pyrrole nitrogens is 1. The molecule has 1 aliphatic carbocycles. The van der Waals surface area contributed by atoms with E-state index in [4.69, 9.17) is 0 Å². The van der Waals surface area contributed by atoms with Crippen LogP contribution in [0.15, 0.2) is 90.5 Å². The molecule has 3 amide bonds. The number of carbonyl (C=O) groups excluding carboxylic acids is 3. The van der Waals surface area contributed by atoms with Crippen LogP contribution in [0.2, 0.25) is 0 Å². The summed E-state index contributed by atoms with van der Waals surface area (Å²) in [7, 11) is 0. The number of hydrogen-bond acceptors (Lipinski definition) is 3. The van der Waals surface area contributed by atoms with Gasteiger partial charge in [-0.15, -0.1) is 0 Å². The molecule has 0 saturated heterocycles. The van der Waals surface area contributed by atoms with E-state index < -0.39 is 12.1 Å². The summed E-state index contributed by atoms with van der Waals surface area (Å²) in [6.07, 6.45) is 8.48. The first-order valence-electron chi connectivity index (χ1n) is 15.4. The predicted molar refractivity (Wildman–Crippen MR) is 166 cm³/mol. The summed E-state index contributed by atoms with van der Waals surface area (Å²) in [4.78, 5) is 46.9. The highest BCUT2D eigenvalue weighted by Crippen LogP contribution is 2.46. The van der Waals surface area contributed by atoms with Crippen molar-refractivity contribution in [3.05, 3.63) is 118 Å². The second kappa shape index (κ2) is 11.6. The first-order chi connectivity index (χ1) is 21.1. The molecule has 3 heterocycles. The van der Waals surface area contributed by atoms with E-state index in [-0.39, 0.29) is 23.8 Å². The second-order valence-corrected chi connectivity index (χ2v) is 11.9. The lowest BCUT2D eigenvalue weighted by Gasteiger charge is -2.37. The second-order valence-electron chi connectivity index (χ2n) is 11.9. The van der Waals surface area contributed by atoms with E-state index in [1.165, 1.54) is 18.4 Å². The minimum atomic E-state index is -0.766. The topological polar surface area (TPSA) is 94.3 Å². The fraction of sp³-hybridized carbons (Fsp3) is 0.306. The Morgan fingerprint density at radius 3 is 2.58 bits per heavy atom. The Morgan fingerprint density at radius 2 is 1.74 bits per heavy atom. The minimum absolute atomic E-state index is 0.158. The number of aromatic amines is 1. The van der Waals surface area contributed by atoms with Gasteiger partial charge in [-0.3, -0.25) is 14.4 Å². The number of hydrogen-bond donors (Lipinski definition) is 3. The third-order valence-corrected chi connectivity index (χ3v) is 9.20. The molecule has 0 fully saturated rings. The smallest absolute Gasteiger partial charge is 0.255 e. The van der Waals surface area contributed by atoms with E-state index in [9.17, 15) is 14.4 Å². The van der Waals surface area contributed by atoms with E-state index in [0.29, 0.717) is 24.9 Å². The molecule has 3 atom stereocenters. The van der Waals surface area contributed by atoms with Gasteiger partial charge in [0.15, 0.2) is 0 Å². The number of nitrogens with one attached hydrogen (secondary N) is 3. The molecule has 7 rings (SSSR count). The average Bonchev–Trinajstić information content (AvgIpc) is 3.56. The normalized spacial score (nSPS) is 19.7. The third kappa shape index (κ3) is 5.13. The van der Waals surface area contributed by atoms with Crippen LogP contribution in [0.1, 0.15) is 70.9 Å². The maximum Gasteiger partial charge on any atom is 0.255 e. The Bertz CT molecular complexity index is 1720. The standard InChI is InChI=1S/C36H36N4O3/c41-34(37-20-19-23-11-3-1-4-12-23)30(21-24-13-5-2-6-14-24)39-35(42)31-22-28-25-15-9-10-18-29(25)38-32(28)33-26-16-7-8-17-27(26)36(43)40(31)33/h2,5-11,13-18,30-31,33,38H,1,3-4,12,19-22H2,(H,37,41)(H,39,42)/t30-,31-,33?/m0/s1. The molecule has 3 N–H and O–H groups in total. The highest BCUT2D eigenvalue weighted by Gasteiger charge is 2.49. The van der Waals surface area contributed by atoms with E-state index in [1.54, 1.807) is 4.90 Å². The first kappa shape index (κ1) is 27.2. The van der Waals surface area contributed by atoms with Crippen molar-refractivity contribution < 1.29 is 14.4 Å². The van der Waals surface area contributed by atoms with Crippen LogP contribution in [-0.4, -0.2) is 46.2 Å². The van der Waals surface area contributed by atoms with Crippen LogP contribution < -0.4 is 10.6 Å². The maximum absolute atomic E-state index is 14.2. The monoisotopic (exact) mass is 572 g/mol. The SMILES string of the molecule is O=C(NCCC1=CCCCC1)[C@H](Cc1ccccc1)NC(=O)[C@@H]1Cc2c([nH]c3ccccc23)C2c3ccccc3C(=O)N21. The van der Waals surface area contributed by atoms with Crippen molar-refractivity contribution >= 4 is 28.6 Å². The van der Waals surface area contributed by atoms with Gasteiger partial charge in [0.25, 0.3) is 5.91 Å². The molecule has 0 bridgehead atoms. The molecule has 218 valence electrons. The number of rotatable bonds is 8. The van der Waals surface area contributed by atoms with E-state index in [2.05, 4.69) is 27.8 Å². The van der Waals surface area contributed by atoms with Gasteiger partial charge in [0.1, 0.15) is 12.1 Å². The lowest BCUT2D eigenvalue weighted by molar-refractivity contribution is -0.132. The highest BCUT2D eigenvalue weighted by molar-refractivity contribution is 6.04. The van der Waals surface area contributed by atoms with Crippen LogP contribution in [0, 0.1) is 0 Å². The number of allylic oxidation sites excluding steroid dienone is 1. The number of para-hydroxylation sites is 1. The lowest BCUT2D eigenvalue weighted by Crippen LogP contribution is -2.57. The van der Waals surface area contributed by atoms with Crippen LogP contribution in [0.3, 0.4) is 0 Å². The van der Waals surface area contributed by atoms with E-state index in [1.807, 2.05) is 72.8 Å². The molecule has 1 aromatic heterocycles. The van der Waals surface area contributed by atoms with Crippen molar-refractivity contribution in [3.8, 4) is 0 Å². The predicted octanol–water partition coefficient (Wildman–Crippen LogP) is 5.37. The van der Waals surface area contributed by atoms with Gasteiger partial charge in [-0.2, -0.15) is 0 Å². The molecule has 0 saturated carbocycles. The number of fused-ring (bicyclic) bond motifs is 7. The van der Waals surface area contributed by atoms with Crippen molar-refractivity contribution in [2.24, 2.45) is 0 Å². The first-order valence-corrected chi connectivity index (χ1v) is 15.4. The van der Waals surface area contributed by atoms with Gasteiger partial charge in [-0.05, 0) is 60.9 Å². The van der Waals surface area contributed by atoms with Crippen LogP contribution in [0.5, 0.6) is 0 Å². The molecule has 3 aromatic carbocycles. The van der Waals surface area contributed by atoms with Crippen LogP contribution >= 0.6 is 0 Å². The van der Waals surface area contributed by atoms with Gasteiger partial charge >= 0.3 is 0 Å². The molecule has 0 radical (unpaired) electrons. The van der Waals surface area contributed by atoms with Crippen molar-refractivity contribution in [3.63, 3.8) is 0 Å². The Balaban J connectivity index is 1.17. The zero-order chi connectivity index (χ0) is 29.3. The van der Waals surface area contributed by atoms with Crippen molar-refractivity contribution in [1.29, 1.82) is 0 Å². The quantitative estimate of drug-likeness (QED) is 0.248. The summed E-state index contributed by atoms with van der Waals surface area (Å²) < 4.78 is 0. The summed E-state index contributed by atoms with van der Waals surface area (Å²) in [6, 6.07) is 23.5. The Kier molecular flexibility index (Phi) is 7.31. The average molecular weight is 573 g/mol. The van der Waals surface area contributed by atoms with Gasteiger partial charge < -0.3 is 20.5 Å². The molecule has 2 aliphatic heterocycles. The van der Waals surface area contributed by atoms with Gasteiger partial charge in [-0.1, -0.05) is 78.4 Å².